The van der Waals surface area contributed by atoms with Crippen LogP contribution in [0.1, 0.15) is 0 Å². The molecule has 2 nitrogen and oxygen atoms in total. The van der Waals surface area contributed by atoms with Crippen molar-refractivity contribution in [3.8, 4) is 77.9 Å². The van der Waals surface area contributed by atoms with Crippen molar-refractivity contribution in [2.24, 2.45) is 0 Å². The minimum absolute atomic E-state index is 0.874. The number of furan rings is 2. The molecule has 0 N–H and O–H groups in total. The second-order valence-electron chi connectivity index (χ2n) is 27.5. The van der Waals surface area contributed by atoms with Crippen LogP contribution in [0.2, 0.25) is 0 Å². The molecule has 22 aromatic rings. The van der Waals surface area contributed by atoms with Gasteiger partial charge in [-0.1, -0.05) is 297 Å². The van der Waals surface area contributed by atoms with Gasteiger partial charge in [-0.3, -0.25) is 0 Å². The molecule has 0 aliphatic rings. The van der Waals surface area contributed by atoms with E-state index in [1.54, 1.807) is 0 Å². The van der Waals surface area contributed by atoms with E-state index in [0.717, 1.165) is 88.0 Å². The third kappa shape index (κ3) is 8.42. The van der Waals surface area contributed by atoms with E-state index in [0.29, 0.717) is 0 Å². The molecule has 470 valence electrons. The van der Waals surface area contributed by atoms with Gasteiger partial charge in [-0.15, -0.1) is 0 Å². The fraction of sp³-hybridized carbons (Fsp3) is 0. The van der Waals surface area contributed by atoms with E-state index in [-0.39, 0.29) is 0 Å². The van der Waals surface area contributed by atoms with Crippen LogP contribution >= 0.6 is 0 Å². The van der Waals surface area contributed by atoms with Crippen LogP contribution in [0.4, 0.5) is 0 Å². The minimum Gasteiger partial charge on any atom is -0.455 e. The Kier molecular flexibility index (Phi) is 12.2. The first-order chi connectivity index (χ1) is 50.6. The molecular formula is C100H58O2. The van der Waals surface area contributed by atoms with Crippen LogP contribution < -0.4 is 0 Å². The zero-order valence-corrected chi connectivity index (χ0v) is 55.3. The topological polar surface area (TPSA) is 26.3 Å². The lowest BCUT2D eigenvalue weighted by Gasteiger charge is -2.20. The maximum Gasteiger partial charge on any atom is 0.143 e. The maximum absolute atomic E-state index is 7.02. The molecule has 2 heterocycles. The maximum atomic E-state index is 7.02. The van der Waals surface area contributed by atoms with Gasteiger partial charge in [-0.2, -0.15) is 0 Å². The van der Waals surface area contributed by atoms with E-state index in [4.69, 9.17) is 8.83 Å². The van der Waals surface area contributed by atoms with Crippen LogP contribution in [0.3, 0.4) is 0 Å². The average Bonchev–Trinajstić information content (AvgIpc) is 1.07. The third-order valence-electron chi connectivity index (χ3n) is 22.2. The Morgan fingerprint density at radius 3 is 1.15 bits per heavy atom. The van der Waals surface area contributed by atoms with Crippen molar-refractivity contribution >= 4 is 152 Å². The molecule has 0 amide bonds. The summed E-state index contributed by atoms with van der Waals surface area (Å²) in [7, 11) is 0. The van der Waals surface area contributed by atoms with Crippen molar-refractivity contribution in [2.75, 3.05) is 0 Å². The van der Waals surface area contributed by atoms with Gasteiger partial charge in [0.1, 0.15) is 22.3 Å². The standard InChI is InChI=1S/C100H58O2/c1-3-26-67-59(22-1)24-19-41-71(67)85-43-21-44-86-88-56-65(49-51-94(88)102-99(85)86)95-77-33-9-13-37-81(77)97(82-38-14-10-34-78(82)95)90-55-64-47-46-61(53-87(64)73-29-6-8-31-75(73)90)60-48-50-69-62(52-60)25-20-42-72(69)91-57-66(58-92-76-32-17-18-45-93(76)101-100(91)92)96-79-35-11-15-39-83(79)98(84-40-16-12-36-80(84)96)89-54-63-23-2-4-27-68(63)70-28-5-7-30-74(70)89/h1-58H. The summed E-state index contributed by atoms with van der Waals surface area (Å²) in [6.45, 7) is 0. The normalized spacial score (nSPS) is 12.1. The zero-order chi connectivity index (χ0) is 66.7. The highest BCUT2D eigenvalue weighted by Crippen LogP contribution is 2.52. The number of hydrogen-bond donors (Lipinski definition) is 0. The molecule has 0 bridgehead atoms. The Labute approximate surface area is 586 Å². The molecule has 0 aliphatic carbocycles. The predicted octanol–water partition coefficient (Wildman–Crippen LogP) is 28.7. The summed E-state index contributed by atoms with van der Waals surface area (Å²) in [5.74, 6) is 0. The van der Waals surface area contributed by atoms with Crippen LogP contribution in [0.5, 0.6) is 0 Å². The molecule has 20 aromatic carbocycles. The first kappa shape index (κ1) is 56.6. The summed E-state index contributed by atoms with van der Waals surface area (Å²) in [5, 5.41) is 28.7. The molecule has 2 aromatic heterocycles. The van der Waals surface area contributed by atoms with Crippen LogP contribution in [-0.4, -0.2) is 0 Å². The summed E-state index contributed by atoms with van der Waals surface area (Å²) in [6, 6.07) is 130. The van der Waals surface area contributed by atoms with Gasteiger partial charge < -0.3 is 8.83 Å². The van der Waals surface area contributed by atoms with Gasteiger partial charge in [0.2, 0.25) is 0 Å². The van der Waals surface area contributed by atoms with Gasteiger partial charge in [-0.05, 0) is 229 Å². The summed E-state index contributed by atoms with van der Waals surface area (Å²) >= 11 is 0. The lowest BCUT2D eigenvalue weighted by atomic mass is 9.83. The molecule has 0 aliphatic heterocycles. The molecule has 0 radical (unpaired) electrons. The van der Waals surface area contributed by atoms with E-state index in [1.165, 1.54) is 141 Å². The van der Waals surface area contributed by atoms with Crippen molar-refractivity contribution in [1.82, 2.24) is 0 Å². The number of fused-ring (bicyclic) bond motifs is 18. The third-order valence-corrected chi connectivity index (χ3v) is 22.2. The molecule has 0 unspecified atom stereocenters. The number of para-hydroxylation sites is 2. The predicted molar refractivity (Wildman–Crippen MR) is 434 cm³/mol. The van der Waals surface area contributed by atoms with Crippen molar-refractivity contribution < 1.29 is 8.83 Å². The van der Waals surface area contributed by atoms with E-state index in [1.807, 2.05) is 0 Å². The first-order valence-electron chi connectivity index (χ1n) is 35.3. The monoisotopic (exact) mass is 1290 g/mol. The van der Waals surface area contributed by atoms with Crippen LogP contribution in [-0.2, 0) is 0 Å². The van der Waals surface area contributed by atoms with E-state index >= 15 is 0 Å². The summed E-state index contributed by atoms with van der Waals surface area (Å²) in [6.07, 6.45) is 0. The molecule has 0 atom stereocenters. The highest BCUT2D eigenvalue weighted by Gasteiger charge is 2.25. The minimum atomic E-state index is 0.874. The largest absolute Gasteiger partial charge is 0.455 e. The SMILES string of the molecule is c1ccc2c(-c3cccc4c3oc3ccc(-c5c6ccccc6c(-c6cc7ccc(-c8ccc9c(-c%10cc(-c%11c%12ccccc%12c(-c%12cc%13ccccc%13c%13ccccc%12%13)c%12ccccc%11%12)cc%11c%10oc%10ccccc%10%11)cccc9c8)cc7c7ccccc67)c6ccccc56)cc34)cccc2c1. The lowest BCUT2D eigenvalue weighted by Crippen LogP contribution is -1.93. The fourth-order valence-corrected chi connectivity index (χ4v) is 17.7. The smallest absolute Gasteiger partial charge is 0.143 e. The molecule has 102 heavy (non-hydrogen) atoms. The lowest BCUT2D eigenvalue weighted by molar-refractivity contribution is 0.669. The number of benzene rings is 20. The Balaban J connectivity index is 0.672. The van der Waals surface area contributed by atoms with E-state index < -0.39 is 0 Å². The molecule has 0 spiro atoms. The molecule has 2 heteroatoms. The Bertz CT molecular complexity index is 7260. The first-order valence-corrected chi connectivity index (χ1v) is 35.3. The molecule has 0 saturated carbocycles. The molecule has 22 rings (SSSR count). The van der Waals surface area contributed by atoms with Gasteiger partial charge in [0.05, 0.1) is 0 Å². The molecular weight excluding hydrogens is 1230 g/mol. The Morgan fingerprint density at radius 2 is 0.510 bits per heavy atom. The fourth-order valence-electron chi connectivity index (χ4n) is 17.7. The Hall–Kier alpha value is -13.4. The van der Waals surface area contributed by atoms with Crippen molar-refractivity contribution in [2.45, 2.75) is 0 Å². The van der Waals surface area contributed by atoms with Gasteiger partial charge >= 0.3 is 0 Å². The average molecular weight is 1290 g/mol. The quantitative estimate of drug-likeness (QED) is 0.117. The highest BCUT2D eigenvalue weighted by molar-refractivity contribution is 6.29. The second-order valence-corrected chi connectivity index (χ2v) is 27.5. The Morgan fingerprint density at radius 1 is 0.137 bits per heavy atom. The highest BCUT2D eigenvalue weighted by atomic mass is 16.3. The molecule has 0 fully saturated rings. The number of rotatable bonds is 7. The van der Waals surface area contributed by atoms with Crippen LogP contribution in [0.25, 0.3) is 229 Å². The van der Waals surface area contributed by atoms with Gasteiger partial charge in [-0.25, -0.2) is 0 Å². The van der Waals surface area contributed by atoms with Crippen molar-refractivity contribution in [1.29, 1.82) is 0 Å². The summed E-state index contributed by atoms with van der Waals surface area (Å²) in [4.78, 5) is 0. The van der Waals surface area contributed by atoms with Gasteiger partial charge in [0.25, 0.3) is 0 Å². The second kappa shape index (κ2) is 22.1. The van der Waals surface area contributed by atoms with Crippen molar-refractivity contribution in [3.05, 3.63) is 352 Å². The summed E-state index contributed by atoms with van der Waals surface area (Å²) < 4.78 is 13.9. The van der Waals surface area contributed by atoms with Gasteiger partial charge in [0, 0.05) is 32.7 Å². The zero-order valence-electron chi connectivity index (χ0n) is 55.3. The van der Waals surface area contributed by atoms with Crippen molar-refractivity contribution in [3.63, 3.8) is 0 Å². The van der Waals surface area contributed by atoms with Crippen LogP contribution in [0, 0.1) is 0 Å². The van der Waals surface area contributed by atoms with E-state index in [9.17, 15) is 0 Å². The van der Waals surface area contributed by atoms with E-state index in [2.05, 4.69) is 352 Å². The van der Waals surface area contributed by atoms with Gasteiger partial charge in [0.15, 0.2) is 0 Å². The van der Waals surface area contributed by atoms with Crippen LogP contribution in [0.15, 0.2) is 361 Å². The summed E-state index contributed by atoms with van der Waals surface area (Å²) in [5.41, 5.74) is 20.0. The number of hydrogen-bond acceptors (Lipinski definition) is 2. The molecule has 0 saturated heterocycles.